The number of nitrogens with zero attached hydrogens (tertiary/aromatic N) is 1. The van der Waals surface area contributed by atoms with Crippen LogP contribution >= 0.6 is 11.8 Å². The van der Waals surface area contributed by atoms with Crippen LogP contribution in [0.4, 0.5) is 13.2 Å². The summed E-state index contributed by atoms with van der Waals surface area (Å²) in [7, 11) is 0. The third kappa shape index (κ3) is 7.63. The van der Waals surface area contributed by atoms with Gasteiger partial charge in [-0.05, 0) is 0 Å². The largest absolute Gasteiger partial charge is 0.389 e. The molecule has 0 spiro atoms. The van der Waals surface area contributed by atoms with Gasteiger partial charge in [0.1, 0.15) is 0 Å². The molecule has 0 unspecified atom stereocenters. The van der Waals surface area contributed by atoms with Crippen molar-refractivity contribution in [1.29, 1.82) is 5.26 Å². The van der Waals surface area contributed by atoms with Crippen LogP contribution in [-0.4, -0.2) is 17.7 Å². The van der Waals surface area contributed by atoms with Crippen LogP contribution in [0.25, 0.3) is 0 Å². The van der Waals surface area contributed by atoms with Crippen molar-refractivity contribution in [2.75, 3.05) is 11.5 Å². The zero-order valence-corrected chi connectivity index (χ0v) is 5.93. The monoisotopic (exact) mass is 169 g/mol. The smallest absolute Gasteiger partial charge is 0.197 e. The van der Waals surface area contributed by atoms with Gasteiger partial charge >= 0.3 is 6.18 Å². The quantitative estimate of drug-likeness (QED) is 0.604. The van der Waals surface area contributed by atoms with E-state index in [9.17, 15) is 13.2 Å². The topological polar surface area (TPSA) is 23.8 Å². The van der Waals surface area contributed by atoms with E-state index >= 15 is 0 Å². The maximum Gasteiger partial charge on any atom is 0.389 e. The van der Waals surface area contributed by atoms with Crippen molar-refractivity contribution in [1.82, 2.24) is 0 Å². The van der Waals surface area contributed by atoms with Crippen LogP contribution in [0.2, 0.25) is 0 Å². The predicted molar refractivity (Wildman–Crippen MR) is 33.6 cm³/mol. The first-order chi connectivity index (χ1) is 4.56. The fourth-order valence-electron chi connectivity index (χ4n) is 0.306. The summed E-state index contributed by atoms with van der Waals surface area (Å²) in [5, 5.41) is 7.94. The lowest BCUT2D eigenvalue weighted by Gasteiger charge is -2.02. The second kappa shape index (κ2) is 4.45. The number of nitriles is 1. The summed E-state index contributed by atoms with van der Waals surface area (Å²) < 4.78 is 34.2. The van der Waals surface area contributed by atoms with Crippen molar-refractivity contribution in [3.63, 3.8) is 0 Å². The lowest BCUT2D eigenvalue weighted by atomic mass is 10.5. The molecule has 0 aliphatic rings. The summed E-state index contributed by atoms with van der Waals surface area (Å²) in [4.78, 5) is 0. The van der Waals surface area contributed by atoms with Crippen molar-refractivity contribution < 1.29 is 13.2 Å². The number of halogens is 3. The van der Waals surface area contributed by atoms with Gasteiger partial charge < -0.3 is 0 Å². The number of alkyl halides is 3. The number of hydrogen-bond acceptors (Lipinski definition) is 2. The van der Waals surface area contributed by atoms with Gasteiger partial charge in [-0.3, -0.25) is 0 Å². The molecule has 10 heavy (non-hydrogen) atoms. The average molecular weight is 169 g/mol. The van der Waals surface area contributed by atoms with E-state index in [4.69, 9.17) is 5.26 Å². The Kier molecular flexibility index (Phi) is 4.28. The zero-order valence-electron chi connectivity index (χ0n) is 5.11. The number of hydrogen-bond donors (Lipinski definition) is 0. The molecule has 0 aromatic carbocycles. The molecule has 0 fully saturated rings. The van der Waals surface area contributed by atoms with Crippen LogP contribution < -0.4 is 0 Å². The molecule has 0 radical (unpaired) electrons. The highest BCUT2D eigenvalue weighted by Gasteiger charge is 2.25. The van der Waals surface area contributed by atoms with Gasteiger partial charge in [0, 0.05) is 5.75 Å². The molecule has 0 bridgehead atoms. The maximum absolute atomic E-state index is 11.4. The first kappa shape index (κ1) is 9.63. The van der Waals surface area contributed by atoms with E-state index < -0.39 is 12.6 Å². The van der Waals surface area contributed by atoms with E-state index in [-0.39, 0.29) is 11.5 Å². The molecule has 0 saturated carbocycles. The van der Waals surface area contributed by atoms with Gasteiger partial charge in [-0.15, -0.1) is 11.8 Å². The molecule has 0 aliphatic carbocycles. The highest BCUT2D eigenvalue weighted by atomic mass is 32.2. The van der Waals surface area contributed by atoms with E-state index in [0.29, 0.717) is 0 Å². The Morgan fingerprint density at radius 3 is 2.40 bits per heavy atom. The van der Waals surface area contributed by atoms with Crippen LogP contribution in [0.3, 0.4) is 0 Å². The van der Waals surface area contributed by atoms with Crippen LogP contribution in [0, 0.1) is 11.3 Å². The lowest BCUT2D eigenvalue weighted by molar-refractivity contribution is -0.129. The van der Waals surface area contributed by atoms with Gasteiger partial charge in [0.25, 0.3) is 0 Å². The molecular formula is C5H6F3NS. The Balaban J connectivity index is 3.14. The Morgan fingerprint density at radius 1 is 1.40 bits per heavy atom. The molecule has 0 N–H and O–H groups in total. The van der Waals surface area contributed by atoms with Gasteiger partial charge in [0.05, 0.1) is 18.2 Å². The van der Waals surface area contributed by atoms with Crippen molar-refractivity contribution >= 4 is 11.8 Å². The van der Waals surface area contributed by atoms with E-state index in [1.165, 1.54) is 0 Å². The standard InChI is InChI=1S/C5H6F3NS/c6-5(7,8)1-3-10-4-2-9/h1,3-4H2. The van der Waals surface area contributed by atoms with Crippen molar-refractivity contribution in [2.45, 2.75) is 12.6 Å². The van der Waals surface area contributed by atoms with Gasteiger partial charge in [-0.25, -0.2) is 0 Å². The zero-order chi connectivity index (χ0) is 8.04. The van der Waals surface area contributed by atoms with E-state index in [2.05, 4.69) is 0 Å². The van der Waals surface area contributed by atoms with E-state index in [0.717, 1.165) is 11.8 Å². The minimum Gasteiger partial charge on any atom is -0.197 e. The Bertz CT molecular complexity index is 126. The maximum atomic E-state index is 11.4. The Hall–Kier alpha value is -0.370. The molecule has 0 heterocycles. The molecule has 0 rings (SSSR count). The molecule has 0 atom stereocenters. The molecule has 0 aliphatic heterocycles. The van der Waals surface area contributed by atoms with Gasteiger partial charge in [0.2, 0.25) is 0 Å². The van der Waals surface area contributed by atoms with Crippen LogP contribution in [0.1, 0.15) is 6.42 Å². The average Bonchev–Trinajstić information content (AvgIpc) is 1.78. The fraction of sp³-hybridized carbons (Fsp3) is 0.800. The second-order valence-electron chi connectivity index (χ2n) is 1.58. The van der Waals surface area contributed by atoms with E-state index in [1.807, 2.05) is 0 Å². The van der Waals surface area contributed by atoms with Crippen LogP contribution in [0.5, 0.6) is 0 Å². The molecular weight excluding hydrogens is 163 g/mol. The molecule has 0 saturated heterocycles. The fourth-order valence-corrected chi connectivity index (χ4v) is 0.917. The third-order valence-electron chi connectivity index (χ3n) is 0.696. The van der Waals surface area contributed by atoms with Crippen molar-refractivity contribution in [2.24, 2.45) is 0 Å². The first-order valence-corrected chi connectivity index (χ1v) is 3.73. The van der Waals surface area contributed by atoms with E-state index in [1.54, 1.807) is 6.07 Å². The third-order valence-corrected chi connectivity index (χ3v) is 1.52. The highest BCUT2D eigenvalue weighted by Crippen LogP contribution is 2.21. The summed E-state index contributed by atoms with van der Waals surface area (Å²) in [6.07, 6.45) is -4.89. The predicted octanol–water partition coefficient (Wildman–Crippen LogP) is 2.20. The SMILES string of the molecule is N#CCSCCC(F)(F)F. The Morgan fingerprint density at radius 2 is 2.00 bits per heavy atom. The molecule has 0 aromatic heterocycles. The molecule has 0 aromatic rings. The van der Waals surface area contributed by atoms with Gasteiger partial charge in [-0.2, -0.15) is 18.4 Å². The Labute approximate surface area is 61.2 Å². The minimum atomic E-state index is -4.08. The summed E-state index contributed by atoms with van der Waals surface area (Å²) in [6, 6.07) is 1.75. The number of rotatable bonds is 3. The number of thioether (sulfide) groups is 1. The summed E-state index contributed by atoms with van der Waals surface area (Å²) in [5.41, 5.74) is 0. The summed E-state index contributed by atoms with van der Waals surface area (Å²) in [5.74, 6) is 0.118. The molecule has 1 nitrogen and oxygen atoms in total. The molecule has 58 valence electrons. The molecule has 0 amide bonds. The van der Waals surface area contributed by atoms with Gasteiger partial charge in [-0.1, -0.05) is 0 Å². The lowest BCUT2D eigenvalue weighted by Crippen LogP contribution is -2.08. The first-order valence-electron chi connectivity index (χ1n) is 2.58. The van der Waals surface area contributed by atoms with Crippen LogP contribution in [-0.2, 0) is 0 Å². The highest BCUT2D eigenvalue weighted by molar-refractivity contribution is 7.99. The second-order valence-corrected chi connectivity index (χ2v) is 2.68. The van der Waals surface area contributed by atoms with Crippen molar-refractivity contribution in [3.05, 3.63) is 0 Å². The van der Waals surface area contributed by atoms with Gasteiger partial charge in [0.15, 0.2) is 0 Å². The van der Waals surface area contributed by atoms with Crippen LogP contribution in [0.15, 0.2) is 0 Å². The molecule has 5 heteroatoms. The summed E-state index contributed by atoms with van der Waals surface area (Å²) >= 11 is 0.999. The minimum absolute atomic E-state index is 0.0168. The summed E-state index contributed by atoms with van der Waals surface area (Å²) in [6.45, 7) is 0. The normalized spacial score (nSPS) is 11.0. The van der Waals surface area contributed by atoms with Crippen molar-refractivity contribution in [3.8, 4) is 6.07 Å².